The van der Waals surface area contributed by atoms with Gasteiger partial charge in [0, 0.05) is 12.8 Å². The van der Waals surface area contributed by atoms with Gasteiger partial charge in [-0.1, -0.05) is 135 Å². The van der Waals surface area contributed by atoms with Crippen LogP contribution in [0.3, 0.4) is 0 Å². The summed E-state index contributed by atoms with van der Waals surface area (Å²) in [6.45, 7) is 6.67. The SMILES string of the molecule is CCCCCCCCC=C(C)C(CCCCCCCCCCCCCC)N1C(=O)CCC1=O. The molecule has 33 heavy (non-hydrogen) atoms. The summed E-state index contributed by atoms with van der Waals surface area (Å²) in [5, 5.41) is 0. The molecular weight excluding hydrogens is 406 g/mol. The van der Waals surface area contributed by atoms with E-state index in [1.54, 1.807) is 4.90 Å². The number of carbonyl (C=O) groups excluding carboxylic acids is 2. The Labute approximate surface area is 206 Å². The molecule has 0 radical (unpaired) electrons. The van der Waals surface area contributed by atoms with Crippen LogP contribution in [0.15, 0.2) is 11.6 Å². The molecule has 0 N–H and O–H groups in total. The Morgan fingerprint density at radius 3 is 1.52 bits per heavy atom. The summed E-state index contributed by atoms with van der Waals surface area (Å²) >= 11 is 0. The van der Waals surface area contributed by atoms with Gasteiger partial charge in [0.05, 0.1) is 6.04 Å². The summed E-state index contributed by atoms with van der Waals surface area (Å²) in [5.74, 6) is 0.0764. The van der Waals surface area contributed by atoms with Crippen molar-refractivity contribution in [2.24, 2.45) is 0 Å². The van der Waals surface area contributed by atoms with Crippen LogP contribution >= 0.6 is 0 Å². The van der Waals surface area contributed by atoms with Gasteiger partial charge in [-0.3, -0.25) is 14.5 Å². The molecular formula is C30H55NO2. The van der Waals surface area contributed by atoms with E-state index < -0.39 is 0 Å². The monoisotopic (exact) mass is 461 g/mol. The first-order valence-corrected chi connectivity index (χ1v) is 14.6. The highest BCUT2D eigenvalue weighted by molar-refractivity contribution is 6.02. The molecule has 1 aliphatic rings. The Hall–Kier alpha value is -1.12. The van der Waals surface area contributed by atoms with Crippen molar-refractivity contribution >= 4 is 11.8 Å². The van der Waals surface area contributed by atoms with Crippen LogP contribution in [0.25, 0.3) is 0 Å². The molecule has 1 saturated heterocycles. The van der Waals surface area contributed by atoms with E-state index >= 15 is 0 Å². The van der Waals surface area contributed by atoms with Crippen molar-refractivity contribution in [3.63, 3.8) is 0 Å². The molecule has 0 aromatic rings. The lowest BCUT2D eigenvalue weighted by Crippen LogP contribution is -2.40. The van der Waals surface area contributed by atoms with Crippen molar-refractivity contribution in [1.29, 1.82) is 0 Å². The molecule has 1 unspecified atom stereocenters. The zero-order valence-electron chi connectivity index (χ0n) is 22.5. The molecule has 0 bridgehead atoms. The molecule has 0 spiro atoms. The number of likely N-dealkylation sites (tertiary alicyclic amines) is 1. The van der Waals surface area contributed by atoms with Crippen LogP contribution in [-0.2, 0) is 9.59 Å². The van der Waals surface area contributed by atoms with Crippen LogP contribution in [0.4, 0.5) is 0 Å². The van der Waals surface area contributed by atoms with E-state index in [2.05, 4.69) is 26.8 Å². The molecule has 1 aliphatic heterocycles. The Morgan fingerprint density at radius 1 is 0.667 bits per heavy atom. The number of carbonyl (C=O) groups is 2. The molecule has 1 fully saturated rings. The quantitative estimate of drug-likeness (QED) is 0.0914. The van der Waals surface area contributed by atoms with E-state index in [1.165, 1.54) is 115 Å². The maximum absolute atomic E-state index is 12.4. The minimum atomic E-state index is -0.00397. The molecule has 3 nitrogen and oxygen atoms in total. The summed E-state index contributed by atoms with van der Waals surface area (Å²) in [6, 6.07) is -0.00397. The summed E-state index contributed by atoms with van der Waals surface area (Å²) in [6.07, 6.45) is 29.0. The lowest BCUT2D eigenvalue weighted by atomic mass is 9.97. The fraction of sp³-hybridized carbons (Fsp3) is 0.867. The molecule has 2 amide bonds. The van der Waals surface area contributed by atoms with Gasteiger partial charge < -0.3 is 0 Å². The second-order valence-electron chi connectivity index (χ2n) is 10.4. The third-order valence-corrected chi connectivity index (χ3v) is 7.28. The average Bonchev–Trinajstić information content (AvgIpc) is 3.14. The number of rotatable bonds is 22. The van der Waals surface area contributed by atoms with Gasteiger partial charge in [-0.05, 0) is 26.2 Å². The predicted molar refractivity (Wildman–Crippen MR) is 142 cm³/mol. The largest absolute Gasteiger partial charge is 0.275 e. The minimum Gasteiger partial charge on any atom is -0.275 e. The van der Waals surface area contributed by atoms with Crippen LogP contribution in [0, 0.1) is 0 Å². The first-order valence-electron chi connectivity index (χ1n) is 14.6. The number of unbranched alkanes of at least 4 members (excludes halogenated alkanes) is 17. The van der Waals surface area contributed by atoms with Gasteiger partial charge in [-0.25, -0.2) is 0 Å². The summed E-state index contributed by atoms with van der Waals surface area (Å²) in [4.78, 5) is 26.4. The van der Waals surface area contributed by atoms with Crippen molar-refractivity contribution in [3.05, 3.63) is 11.6 Å². The number of nitrogens with zero attached hydrogens (tertiary/aromatic N) is 1. The number of hydrogen-bond acceptors (Lipinski definition) is 2. The number of imide groups is 1. The second kappa shape index (κ2) is 20.3. The van der Waals surface area contributed by atoms with E-state index in [9.17, 15) is 9.59 Å². The Balaban J connectivity index is 2.30. The Bertz CT molecular complexity index is 523. The number of allylic oxidation sites excluding steroid dienone is 1. The van der Waals surface area contributed by atoms with Gasteiger partial charge >= 0.3 is 0 Å². The molecule has 1 atom stereocenters. The predicted octanol–water partition coefficient (Wildman–Crippen LogP) is 9.29. The normalized spacial score (nSPS) is 15.6. The Morgan fingerprint density at radius 2 is 1.06 bits per heavy atom. The van der Waals surface area contributed by atoms with Gasteiger partial charge in [0.1, 0.15) is 0 Å². The molecule has 1 rings (SSSR count). The fourth-order valence-corrected chi connectivity index (χ4v) is 5.07. The van der Waals surface area contributed by atoms with Gasteiger partial charge in [-0.2, -0.15) is 0 Å². The summed E-state index contributed by atoms with van der Waals surface area (Å²) in [7, 11) is 0. The first-order chi connectivity index (χ1) is 16.1. The molecule has 192 valence electrons. The fourth-order valence-electron chi connectivity index (χ4n) is 5.07. The van der Waals surface area contributed by atoms with Crippen LogP contribution in [0.1, 0.15) is 162 Å². The third kappa shape index (κ3) is 14.0. The van der Waals surface area contributed by atoms with E-state index in [-0.39, 0.29) is 17.9 Å². The summed E-state index contributed by atoms with van der Waals surface area (Å²) in [5.41, 5.74) is 1.23. The lowest BCUT2D eigenvalue weighted by Gasteiger charge is -2.27. The standard InChI is InChI=1S/C30H55NO2/c1-4-6-8-10-12-13-14-15-16-18-20-22-24-28(31-29(32)25-26-30(31)33)27(3)23-21-19-17-11-9-7-5-2/h23,28H,4-22,24-26H2,1-3H3. The van der Waals surface area contributed by atoms with Gasteiger partial charge in [0.15, 0.2) is 0 Å². The second-order valence-corrected chi connectivity index (χ2v) is 10.4. The van der Waals surface area contributed by atoms with Crippen LogP contribution in [-0.4, -0.2) is 22.8 Å². The highest BCUT2D eigenvalue weighted by Gasteiger charge is 2.35. The topological polar surface area (TPSA) is 37.4 Å². The van der Waals surface area contributed by atoms with Gasteiger partial charge in [0.25, 0.3) is 0 Å². The lowest BCUT2D eigenvalue weighted by molar-refractivity contribution is -0.140. The molecule has 0 aromatic carbocycles. The van der Waals surface area contributed by atoms with E-state index in [0.29, 0.717) is 12.8 Å². The van der Waals surface area contributed by atoms with Crippen LogP contribution in [0.2, 0.25) is 0 Å². The molecule has 3 heteroatoms. The Kier molecular flexibility index (Phi) is 18.4. The van der Waals surface area contributed by atoms with Crippen LogP contribution < -0.4 is 0 Å². The highest BCUT2D eigenvalue weighted by Crippen LogP contribution is 2.25. The first kappa shape index (κ1) is 29.9. The highest BCUT2D eigenvalue weighted by atomic mass is 16.2. The summed E-state index contributed by atoms with van der Waals surface area (Å²) < 4.78 is 0. The molecule has 1 heterocycles. The minimum absolute atomic E-state index is 0.00397. The number of amides is 2. The zero-order valence-corrected chi connectivity index (χ0v) is 22.5. The van der Waals surface area contributed by atoms with Gasteiger partial charge in [-0.15, -0.1) is 0 Å². The maximum Gasteiger partial charge on any atom is 0.230 e. The molecule has 0 aromatic heterocycles. The third-order valence-electron chi connectivity index (χ3n) is 7.28. The molecule has 0 saturated carbocycles. The van der Waals surface area contributed by atoms with E-state index in [0.717, 1.165) is 19.3 Å². The van der Waals surface area contributed by atoms with Crippen molar-refractivity contribution in [3.8, 4) is 0 Å². The smallest absolute Gasteiger partial charge is 0.230 e. The van der Waals surface area contributed by atoms with Crippen molar-refractivity contribution in [1.82, 2.24) is 4.90 Å². The van der Waals surface area contributed by atoms with Crippen molar-refractivity contribution in [2.45, 2.75) is 168 Å². The van der Waals surface area contributed by atoms with Crippen molar-refractivity contribution in [2.75, 3.05) is 0 Å². The van der Waals surface area contributed by atoms with Gasteiger partial charge in [0.2, 0.25) is 11.8 Å². The molecule has 0 aliphatic carbocycles. The van der Waals surface area contributed by atoms with Crippen molar-refractivity contribution < 1.29 is 9.59 Å². The van der Waals surface area contributed by atoms with Crippen LogP contribution in [0.5, 0.6) is 0 Å². The number of hydrogen-bond donors (Lipinski definition) is 0. The van der Waals surface area contributed by atoms with E-state index in [1.807, 2.05) is 0 Å². The maximum atomic E-state index is 12.4. The zero-order chi connectivity index (χ0) is 24.2. The average molecular weight is 462 g/mol. The van der Waals surface area contributed by atoms with E-state index in [4.69, 9.17) is 0 Å².